The highest BCUT2D eigenvalue weighted by atomic mass is 16.6. The normalized spacial score (nSPS) is 21.7. The molecule has 4 rings (SSSR count). The topological polar surface area (TPSA) is 43.5 Å². The van der Waals surface area contributed by atoms with Gasteiger partial charge in [-0.15, -0.1) is 0 Å². The molecule has 2 fully saturated rings. The van der Waals surface area contributed by atoms with Gasteiger partial charge < -0.3 is 18.9 Å². The van der Waals surface area contributed by atoms with E-state index in [1.54, 1.807) is 0 Å². The second-order valence-corrected chi connectivity index (χ2v) is 5.96. The van der Waals surface area contributed by atoms with E-state index in [0.29, 0.717) is 13.2 Å². The molecule has 4 heteroatoms. The van der Waals surface area contributed by atoms with Crippen LogP contribution in [0.3, 0.4) is 0 Å². The molecular formula is C19H20O4. The van der Waals surface area contributed by atoms with Crippen LogP contribution in [0, 0.1) is 0 Å². The van der Waals surface area contributed by atoms with Crippen molar-refractivity contribution in [3.05, 3.63) is 59.7 Å². The van der Waals surface area contributed by atoms with Crippen molar-refractivity contribution < 1.29 is 18.9 Å². The summed E-state index contributed by atoms with van der Waals surface area (Å²) in [5, 5.41) is 0. The highest BCUT2D eigenvalue weighted by Crippen LogP contribution is 2.24. The van der Waals surface area contributed by atoms with Crippen LogP contribution in [0.15, 0.2) is 48.5 Å². The maximum absolute atomic E-state index is 5.87. The molecule has 0 N–H and O–H groups in total. The Morgan fingerprint density at radius 3 is 2.17 bits per heavy atom. The molecule has 2 heterocycles. The van der Waals surface area contributed by atoms with Crippen molar-refractivity contribution >= 4 is 0 Å². The summed E-state index contributed by atoms with van der Waals surface area (Å²) >= 11 is 0. The van der Waals surface area contributed by atoms with E-state index in [1.807, 2.05) is 30.3 Å². The number of para-hydroxylation sites is 1. The van der Waals surface area contributed by atoms with Gasteiger partial charge in [0.05, 0.1) is 13.2 Å². The predicted octanol–water partition coefficient (Wildman–Crippen LogP) is 2.83. The van der Waals surface area contributed by atoms with Gasteiger partial charge in [0.2, 0.25) is 0 Å². The molecule has 0 spiro atoms. The second kappa shape index (κ2) is 6.60. The zero-order valence-corrected chi connectivity index (χ0v) is 12.9. The average molecular weight is 312 g/mol. The maximum Gasteiger partial charge on any atom is 0.122 e. The predicted molar refractivity (Wildman–Crippen MR) is 86.2 cm³/mol. The van der Waals surface area contributed by atoms with Crippen molar-refractivity contribution in [2.24, 2.45) is 0 Å². The molecule has 0 aromatic heterocycles. The molecule has 0 radical (unpaired) electrons. The molecule has 0 aliphatic carbocycles. The van der Waals surface area contributed by atoms with E-state index in [9.17, 15) is 0 Å². The van der Waals surface area contributed by atoms with Crippen molar-refractivity contribution in [3.63, 3.8) is 0 Å². The van der Waals surface area contributed by atoms with Crippen molar-refractivity contribution in [2.45, 2.75) is 18.6 Å². The van der Waals surface area contributed by atoms with Crippen LogP contribution in [-0.4, -0.2) is 38.6 Å². The van der Waals surface area contributed by atoms with Crippen LogP contribution in [0.4, 0.5) is 0 Å². The molecule has 0 amide bonds. The number of epoxide rings is 2. The second-order valence-electron chi connectivity index (χ2n) is 5.96. The summed E-state index contributed by atoms with van der Waals surface area (Å²) in [4.78, 5) is 0. The fourth-order valence-corrected chi connectivity index (χ4v) is 2.41. The monoisotopic (exact) mass is 312 g/mol. The Bertz CT molecular complexity index is 645. The van der Waals surface area contributed by atoms with Crippen LogP contribution in [0.5, 0.6) is 11.5 Å². The van der Waals surface area contributed by atoms with Gasteiger partial charge in [-0.1, -0.05) is 30.3 Å². The highest BCUT2D eigenvalue weighted by molar-refractivity contribution is 5.39. The molecule has 2 aliphatic heterocycles. The van der Waals surface area contributed by atoms with E-state index in [4.69, 9.17) is 18.9 Å². The fourth-order valence-electron chi connectivity index (χ4n) is 2.41. The minimum absolute atomic E-state index is 0.273. The van der Waals surface area contributed by atoms with Gasteiger partial charge in [-0.05, 0) is 29.3 Å². The number of benzene rings is 2. The molecule has 2 aliphatic rings. The summed E-state index contributed by atoms with van der Waals surface area (Å²) < 4.78 is 21.9. The molecule has 2 atom stereocenters. The van der Waals surface area contributed by atoms with Crippen molar-refractivity contribution in [1.29, 1.82) is 0 Å². The maximum atomic E-state index is 5.87. The lowest BCUT2D eigenvalue weighted by atomic mass is 10.0. The van der Waals surface area contributed by atoms with Gasteiger partial charge in [-0.25, -0.2) is 0 Å². The van der Waals surface area contributed by atoms with E-state index in [2.05, 4.69) is 18.2 Å². The van der Waals surface area contributed by atoms with Crippen molar-refractivity contribution in [1.82, 2.24) is 0 Å². The first-order chi connectivity index (χ1) is 11.4. The summed E-state index contributed by atoms with van der Waals surface area (Å²) in [5.74, 6) is 1.83. The first-order valence-corrected chi connectivity index (χ1v) is 8.02. The van der Waals surface area contributed by atoms with Gasteiger partial charge in [0.15, 0.2) is 0 Å². The quantitative estimate of drug-likeness (QED) is 0.703. The van der Waals surface area contributed by atoms with Gasteiger partial charge in [0, 0.05) is 6.42 Å². The number of ether oxygens (including phenoxy) is 4. The van der Waals surface area contributed by atoms with Crippen LogP contribution < -0.4 is 9.47 Å². The van der Waals surface area contributed by atoms with Crippen LogP contribution >= 0.6 is 0 Å². The van der Waals surface area contributed by atoms with E-state index < -0.39 is 0 Å². The molecule has 2 aromatic rings. The van der Waals surface area contributed by atoms with Gasteiger partial charge in [-0.2, -0.15) is 0 Å². The Hall–Kier alpha value is -2.04. The Balaban J connectivity index is 1.38. The first kappa shape index (κ1) is 14.5. The third-order valence-electron chi connectivity index (χ3n) is 3.96. The Morgan fingerprint density at radius 1 is 0.826 bits per heavy atom. The standard InChI is InChI=1S/C19H20O4/c1-2-4-19(23-13-18-12-22-18)15(3-1)9-14-5-7-16(8-6-14)20-10-17-11-21-17/h1-8,17-18H,9-13H2/t17-,18+/m0/s1. The zero-order valence-electron chi connectivity index (χ0n) is 12.9. The number of hydrogen-bond acceptors (Lipinski definition) is 4. The largest absolute Gasteiger partial charge is 0.491 e. The molecule has 0 bridgehead atoms. The molecule has 23 heavy (non-hydrogen) atoms. The first-order valence-electron chi connectivity index (χ1n) is 8.02. The lowest BCUT2D eigenvalue weighted by Gasteiger charge is -2.11. The van der Waals surface area contributed by atoms with Crippen molar-refractivity contribution in [2.75, 3.05) is 26.4 Å². The Labute approximate surface area is 135 Å². The molecule has 4 nitrogen and oxygen atoms in total. The van der Waals surface area contributed by atoms with Crippen LogP contribution in [-0.2, 0) is 15.9 Å². The van der Waals surface area contributed by atoms with Gasteiger partial charge in [0.25, 0.3) is 0 Å². The molecule has 0 unspecified atom stereocenters. The lowest BCUT2D eigenvalue weighted by molar-refractivity contribution is 0.261. The molecular weight excluding hydrogens is 292 g/mol. The molecule has 120 valence electrons. The molecule has 2 saturated heterocycles. The highest BCUT2D eigenvalue weighted by Gasteiger charge is 2.24. The fraction of sp³-hybridized carbons (Fsp3) is 0.368. The molecule has 0 saturated carbocycles. The number of rotatable bonds is 8. The Kier molecular flexibility index (Phi) is 4.18. The summed E-state index contributed by atoms with van der Waals surface area (Å²) in [6, 6.07) is 16.4. The van der Waals surface area contributed by atoms with E-state index in [1.165, 1.54) is 11.1 Å². The van der Waals surface area contributed by atoms with Gasteiger partial charge in [0.1, 0.15) is 36.9 Å². The SMILES string of the molecule is c1ccc(OC[C@H]2CO2)c(Cc2ccc(OC[C@H]3CO3)cc2)c1. The number of hydrogen-bond donors (Lipinski definition) is 0. The minimum atomic E-state index is 0.273. The lowest BCUT2D eigenvalue weighted by Crippen LogP contribution is -2.06. The van der Waals surface area contributed by atoms with Crippen LogP contribution in [0.1, 0.15) is 11.1 Å². The average Bonchev–Trinajstić information content (AvgIpc) is 3.48. The summed E-state index contributed by atoms with van der Waals surface area (Å²) in [7, 11) is 0. The third kappa shape index (κ3) is 4.24. The minimum Gasteiger partial charge on any atom is -0.491 e. The summed E-state index contributed by atoms with van der Waals surface area (Å²) in [5.41, 5.74) is 2.42. The van der Waals surface area contributed by atoms with Gasteiger partial charge >= 0.3 is 0 Å². The smallest absolute Gasteiger partial charge is 0.122 e. The molecule has 2 aromatic carbocycles. The summed E-state index contributed by atoms with van der Waals surface area (Å²) in [6.07, 6.45) is 1.40. The summed E-state index contributed by atoms with van der Waals surface area (Å²) in [6.45, 7) is 2.91. The van der Waals surface area contributed by atoms with E-state index in [-0.39, 0.29) is 12.2 Å². The Morgan fingerprint density at radius 2 is 1.48 bits per heavy atom. The van der Waals surface area contributed by atoms with Crippen molar-refractivity contribution in [3.8, 4) is 11.5 Å². The van der Waals surface area contributed by atoms with Crippen LogP contribution in [0.25, 0.3) is 0 Å². The van der Waals surface area contributed by atoms with Gasteiger partial charge in [-0.3, -0.25) is 0 Å². The van der Waals surface area contributed by atoms with E-state index >= 15 is 0 Å². The zero-order chi connectivity index (χ0) is 15.5. The van der Waals surface area contributed by atoms with E-state index in [0.717, 1.165) is 31.1 Å². The van der Waals surface area contributed by atoms with Crippen LogP contribution in [0.2, 0.25) is 0 Å². The third-order valence-corrected chi connectivity index (χ3v) is 3.96.